The van der Waals surface area contributed by atoms with Crippen molar-refractivity contribution in [3.63, 3.8) is 0 Å². The molecule has 220 valence electrons. The zero-order chi connectivity index (χ0) is 30.1. The number of aromatic nitrogens is 3. The van der Waals surface area contributed by atoms with Crippen LogP contribution in [0.15, 0.2) is 36.0 Å². The lowest BCUT2D eigenvalue weighted by atomic mass is 9.85. The fourth-order valence-corrected chi connectivity index (χ4v) is 5.89. The smallest absolute Gasteiger partial charge is 0.246 e. The molecule has 1 unspecified atom stereocenters. The topological polar surface area (TPSA) is 155 Å². The van der Waals surface area contributed by atoms with Crippen LogP contribution in [0.2, 0.25) is 0 Å². The van der Waals surface area contributed by atoms with Crippen molar-refractivity contribution in [3.8, 4) is 10.4 Å². The second-order valence-electron chi connectivity index (χ2n) is 11.7. The zero-order valence-corrected chi connectivity index (χ0v) is 25.2. The number of nitrogens with two attached hydrogens (primary N) is 1. The molecule has 0 aliphatic carbocycles. The molecule has 1 aliphatic rings. The fraction of sp³-hybridized carbons (Fsp3) is 0.483. The number of aliphatic hydroxyl groups excluding tert-OH is 1. The third kappa shape index (κ3) is 6.83. The maximum absolute atomic E-state index is 13.8. The van der Waals surface area contributed by atoms with Crippen molar-refractivity contribution in [2.45, 2.75) is 71.8 Å². The molecule has 0 saturated carbocycles. The highest BCUT2D eigenvalue weighted by atomic mass is 32.1. The van der Waals surface area contributed by atoms with E-state index >= 15 is 0 Å². The molecular weight excluding hydrogens is 542 g/mol. The lowest BCUT2D eigenvalue weighted by molar-refractivity contribution is -0.144. The summed E-state index contributed by atoms with van der Waals surface area (Å²) >= 11 is 1.58. The third-order valence-electron chi connectivity index (χ3n) is 7.36. The number of likely N-dealkylation sites (tertiary alicyclic amines) is 1. The molecule has 1 saturated heterocycles. The van der Waals surface area contributed by atoms with Gasteiger partial charge in [0.25, 0.3) is 0 Å². The van der Waals surface area contributed by atoms with Crippen LogP contribution >= 0.6 is 11.3 Å². The van der Waals surface area contributed by atoms with Crippen LogP contribution in [0.4, 0.5) is 0 Å². The predicted molar refractivity (Wildman–Crippen MR) is 157 cm³/mol. The highest BCUT2D eigenvalue weighted by Gasteiger charge is 2.44. The number of hydrogen-bond acceptors (Lipinski definition) is 8. The van der Waals surface area contributed by atoms with Crippen LogP contribution in [-0.2, 0) is 28.0 Å². The van der Waals surface area contributed by atoms with E-state index in [4.69, 9.17) is 5.73 Å². The molecule has 3 aromatic rings. The summed E-state index contributed by atoms with van der Waals surface area (Å²) < 4.78 is 1.58. The molecule has 2 aromatic heterocycles. The van der Waals surface area contributed by atoms with Gasteiger partial charge in [-0.05, 0) is 30.4 Å². The van der Waals surface area contributed by atoms with Crippen molar-refractivity contribution in [2.75, 3.05) is 6.54 Å². The lowest BCUT2D eigenvalue weighted by Crippen LogP contribution is -2.58. The molecule has 1 aromatic carbocycles. The van der Waals surface area contributed by atoms with Crippen molar-refractivity contribution < 1.29 is 19.5 Å². The quantitative estimate of drug-likeness (QED) is 0.317. The Balaban J connectivity index is 1.44. The predicted octanol–water partition coefficient (Wildman–Crippen LogP) is 1.97. The molecule has 0 radical (unpaired) electrons. The number of carbonyl (C=O) groups is 3. The molecule has 11 nitrogen and oxygen atoms in total. The van der Waals surface area contributed by atoms with E-state index in [0.29, 0.717) is 11.3 Å². The average Bonchev–Trinajstić information content (AvgIpc) is 3.62. The summed E-state index contributed by atoms with van der Waals surface area (Å²) in [5.74, 6) is -1.33. The molecule has 1 fully saturated rings. The number of nitrogens with zero attached hydrogens (tertiary/aromatic N) is 4. The molecular formula is C29H39N7O4S. The Hall–Kier alpha value is -3.61. The second-order valence-corrected chi connectivity index (χ2v) is 12.6. The van der Waals surface area contributed by atoms with Gasteiger partial charge in [0.05, 0.1) is 27.9 Å². The summed E-state index contributed by atoms with van der Waals surface area (Å²) in [6.07, 6.45) is 0.937. The average molecular weight is 582 g/mol. The minimum atomic E-state index is -1.02. The first-order valence-corrected chi connectivity index (χ1v) is 14.5. The number of amides is 3. The first kappa shape index (κ1) is 30.4. The SMILES string of the molecule is Cc1nn(C)cc1C(N)C(=O)N[C@@H](C(=O)N1C[C@H](O)C[C@H]1C(=O)NCc1ccc(-c2scnc2C)cc1)C(C)(C)C. The summed E-state index contributed by atoms with van der Waals surface area (Å²) in [4.78, 5) is 47.0. The number of nitrogens with one attached hydrogen (secondary N) is 2. The Morgan fingerprint density at radius 2 is 1.85 bits per heavy atom. The maximum Gasteiger partial charge on any atom is 0.246 e. The monoisotopic (exact) mass is 581 g/mol. The van der Waals surface area contributed by atoms with Crippen molar-refractivity contribution in [1.29, 1.82) is 0 Å². The normalized spacial score (nSPS) is 18.7. The van der Waals surface area contributed by atoms with Gasteiger partial charge in [0.1, 0.15) is 18.1 Å². The molecule has 5 N–H and O–H groups in total. The number of hydrogen-bond donors (Lipinski definition) is 4. The second kappa shape index (κ2) is 12.1. The van der Waals surface area contributed by atoms with Crippen molar-refractivity contribution >= 4 is 29.1 Å². The Morgan fingerprint density at radius 1 is 1.17 bits per heavy atom. The number of benzene rings is 1. The first-order valence-electron chi connectivity index (χ1n) is 13.6. The summed E-state index contributed by atoms with van der Waals surface area (Å²) in [7, 11) is 1.74. The summed E-state index contributed by atoms with van der Waals surface area (Å²) in [6, 6.07) is 5.01. The van der Waals surface area contributed by atoms with Crippen LogP contribution in [0.1, 0.15) is 55.7 Å². The van der Waals surface area contributed by atoms with E-state index < -0.39 is 41.5 Å². The number of β-amino-alcohol motifs (C(OH)–C–C–N with tert-alkyl or cyclic N) is 1. The summed E-state index contributed by atoms with van der Waals surface area (Å²) in [5.41, 5.74) is 11.5. The van der Waals surface area contributed by atoms with Gasteiger partial charge >= 0.3 is 0 Å². The first-order chi connectivity index (χ1) is 19.3. The Morgan fingerprint density at radius 3 is 2.41 bits per heavy atom. The molecule has 4 rings (SSSR count). The van der Waals surface area contributed by atoms with E-state index in [1.807, 2.05) is 57.5 Å². The van der Waals surface area contributed by atoms with Gasteiger partial charge in [-0.2, -0.15) is 5.10 Å². The van der Waals surface area contributed by atoms with E-state index in [1.54, 1.807) is 36.2 Å². The minimum absolute atomic E-state index is 0.00393. The number of aryl methyl sites for hydroxylation is 3. The van der Waals surface area contributed by atoms with Crippen LogP contribution in [0.3, 0.4) is 0 Å². The Labute approximate surface area is 244 Å². The fourth-order valence-electron chi connectivity index (χ4n) is 5.08. The van der Waals surface area contributed by atoms with Gasteiger partial charge in [-0.15, -0.1) is 11.3 Å². The number of carbonyl (C=O) groups excluding carboxylic acids is 3. The van der Waals surface area contributed by atoms with Crippen molar-refractivity contribution in [1.82, 2.24) is 30.3 Å². The van der Waals surface area contributed by atoms with Crippen LogP contribution in [0.25, 0.3) is 10.4 Å². The van der Waals surface area contributed by atoms with Gasteiger partial charge < -0.3 is 26.4 Å². The minimum Gasteiger partial charge on any atom is -0.391 e. The van der Waals surface area contributed by atoms with Gasteiger partial charge in [-0.3, -0.25) is 19.1 Å². The van der Waals surface area contributed by atoms with Crippen LogP contribution in [0, 0.1) is 19.3 Å². The molecule has 41 heavy (non-hydrogen) atoms. The van der Waals surface area contributed by atoms with E-state index in [9.17, 15) is 19.5 Å². The van der Waals surface area contributed by atoms with E-state index in [2.05, 4.69) is 20.7 Å². The largest absolute Gasteiger partial charge is 0.391 e. The number of thiazole rings is 1. The van der Waals surface area contributed by atoms with Crippen LogP contribution in [-0.4, -0.2) is 67.2 Å². The maximum atomic E-state index is 13.8. The van der Waals surface area contributed by atoms with Gasteiger partial charge in [0, 0.05) is 38.3 Å². The lowest BCUT2D eigenvalue weighted by Gasteiger charge is -2.35. The molecule has 3 heterocycles. The summed E-state index contributed by atoms with van der Waals surface area (Å²) in [5, 5.41) is 20.4. The van der Waals surface area contributed by atoms with Crippen molar-refractivity contribution in [3.05, 3.63) is 58.5 Å². The molecule has 0 bridgehead atoms. The van der Waals surface area contributed by atoms with Gasteiger partial charge in [-0.25, -0.2) is 4.98 Å². The van der Waals surface area contributed by atoms with Crippen molar-refractivity contribution in [2.24, 2.45) is 18.2 Å². The highest BCUT2D eigenvalue weighted by Crippen LogP contribution is 2.28. The summed E-state index contributed by atoms with van der Waals surface area (Å²) in [6.45, 7) is 9.49. The Bertz CT molecular complexity index is 1410. The van der Waals surface area contributed by atoms with E-state index in [0.717, 1.165) is 21.7 Å². The van der Waals surface area contributed by atoms with E-state index in [1.165, 1.54) is 4.90 Å². The third-order valence-corrected chi connectivity index (χ3v) is 8.34. The van der Waals surface area contributed by atoms with Crippen LogP contribution < -0.4 is 16.4 Å². The highest BCUT2D eigenvalue weighted by molar-refractivity contribution is 7.13. The molecule has 0 spiro atoms. The van der Waals surface area contributed by atoms with Gasteiger partial charge in [-0.1, -0.05) is 45.0 Å². The molecule has 1 aliphatic heterocycles. The zero-order valence-electron chi connectivity index (χ0n) is 24.3. The molecule has 4 atom stereocenters. The number of rotatable bonds is 8. The molecule has 12 heteroatoms. The van der Waals surface area contributed by atoms with Gasteiger partial charge in [0.2, 0.25) is 17.7 Å². The number of aliphatic hydroxyl groups is 1. The van der Waals surface area contributed by atoms with E-state index in [-0.39, 0.29) is 25.4 Å². The standard InChI is InChI=1S/C29H39N7O4S/c1-16-21(14-35(6)34-16)23(30)27(39)33-25(29(3,4)5)28(40)36-13-20(37)11-22(36)26(38)31-12-18-7-9-19(10-8-18)24-17(2)32-15-41-24/h7-10,14-15,20,22-23,25,37H,11-13,30H2,1-6H3,(H,31,38)(H,33,39)/t20-,22+,23?,25+/m1/s1. The van der Waals surface area contributed by atoms with Crippen LogP contribution in [0.5, 0.6) is 0 Å². The molecule has 3 amide bonds. The van der Waals surface area contributed by atoms with Gasteiger partial charge in [0.15, 0.2) is 0 Å². The Kier molecular flexibility index (Phi) is 8.95.